The number of aromatic nitrogens is 2. The van der Waals surface area contributed by atoms with E-state index >= 15 is 0 Å². The van der Waals surface area contributed by atoms with Gasteiger partial charge in [0.05, 0.1) is 13.0 Å². The lowest BCUT2D eigenvalue weighted by atomic mass is 10.1. The molecule has 1 fully saturated rings. The zero-order chi connectivity index (χ0) is 24.2. The predicted molar refractivity (Wildman–Crippen MR) is 130 cm³/mol. The van der Waals surface area contributed by atoms with Crippen molar-refractivity contribution >= 4 is 17.5 Å². The van der Waals surface area contributed by atoms with E-state index in [1.165, 1.54) is 0 Å². The maximum absolute atomic E-state index is 12.8. The van der Waals surface area contributed by atoms with Crippen LogP contribution in [-0.2, 0) is 16.1 Å². The van der Waals surface area contributed by atoms with E-state index in [2.05, 4.69) is 15.5 Å². The predicted octanol–water partition coefficient (Wildman–Crippen LogP) is 4.40. The molecule has 0 bridgehead atoms. The fourth-order valence-electron chi connectivity index (χ4n) is 4.04. The van der Waals surface area contributed by atoms with Crippen LogP contribution in [0.5, 0.6) is 5.75 Å². The molecule has 0 radical (unpaired) electrons. The van der Waals surface area contributed by atoms with Gasteiger partial charge < -0.3 is 19.5 Å². The second kappa shape index (κ2) is 9.80. The van der Waals surface area contributed by atoms with Crippen LogP contribution >= 0.6 is 0 Å². The summed E-state index contributed by atoms with van der Waals surface area (Å²) < 4.78 is 10.6. The molecule has 1 aliphatic heterocycles. The Morgan fingerprint density at radius 3 is 2.46 bits per heavy atom. The summed E-state index contributed by atoms with van der Waals surface area (Å²) in [6.07, 6.45) is 0.215. The first-order valence-electron chi connectivity index (χ1n) is 11.3. The Labute approximate surface area is 202 Å². The minimum absolute atomic E-state index is 0.00610. The number of methoxy groups -OCH3 is 1. The van der Waals surface area contributed by atoms with E-state index in [0.717, 1.165) is 22.4 Å². The second-order valence-electron chi connectivity index (χ2n) is 8.38. The molecule has 2 heterocycles. The number of nitrogens with one attached hydrogen (secondary N) is 1. The zero-order valence-electron chi connectivity index (χ0n) is 19.2. The van der Waals surface area contributed by atoms with E-state index in [-0.39, 0.29) is 24.2 Å². The summed E-state index contributed by atoms with van der Waals surface area (Å²) in [6.45, 7) is 0.925. The fraction of sp³-hybridized carbons (Fsp3) is 0.185. The first-order valence-corrected chi connectivity index (χ1v) is 11.3. The summed E-state index contributed by atoms with van der Waals surface area (Å²) >= 11 is 0. The number of rotatable bonds is 7. The molecule has 2 amide bonds. The van der Waals surface area contributed by atoms with Gasteiger partial charge in [0, 0.05) is 36.3 Å². The third-order valence-corrected chi connectivity index (χ3v) is 5.98. The normalized spacial score (nSPS) is 15.3. The number of likely N-dealkylation sites (tertiary alicyclic amines) is 1. The molecule has 0 saturated carbocycles. The van der Waals surface area contributed by atoms with Crippen LogP contribution in [0.2, 0.25) is 0 Å². The van der Waals surface area contributed by atoms with Crippen LogP contribution in [0.15, 0.2) is 83.4 Å². The van der Waals surface area contributed by atoms with Gasteiger partial charge in [0.2, 0.25) is 17.6 Å². The largest absolute Gasteiger partial charge is 0.497 e. The van der Waals surface area contributed by atoms with Crippen molar-refractivity contribution in [3.8, 4) is 28.6 Å². The van der Waals surface area contributed by atoms with E-state index < -0.39 is 0 Å². The van der Waals surface area contributed by atoms with Gasteiger partial charge in [-0.3, -0.25) is 9.59 Å². The number of benzene rings is 3. The molecule has 3 aromatic carbocycles. The molecule has 35 heavy (non-hydrogen) atoms. The first kappa shape index (κ1) is 22.3. The number of nitrogens with zero attached hydrogens (tertiary/aromatic N) is 3. The van der Waals surface area contributed by atoms with Crippen molar-refractivity contribution in [1.29, 1.82) is 0 Å². The molecule has 0 spiro atoms. The topological polar surface area (TPSA) is 97.6 Å². The van der Waals surface area contributed by atoms with Gasteiger partial charge in [-0.25, -0.2) is 0 Å². The van der Waals surface area contributed by atoms with Gasteiger partial charge in [0.25, 0.3) is 5.89 Å². The Morgan fingerprint density at radius 1 is 1.03 bits per heavy atom. The quantitative estimate of drug-likeness (QED) is 0.432. The zero-order valence-corrected chi connectivity index (χ0v) is 19.2. The standard InChI is InChI=1S/C27H24N4O4/c1-34-23-13-9-19(10-14-23)25-29-27(35-30-25)20-7-11-22(12-8-20)28-26(33)21-15-24(32)31(17-21)16-18-5-3-2-4-6-18/h2-14,21H,15-17H2,1H3,(H,28,33). The van der Waals surface area contributed by atoms with E-state index in [1.807, 2.05) is 66.7 Å². The molecule has 8 heteroatoms. The summed E-state index contributed by atoms with van der Waals surface area (Å²) in [6, 6.07) is 24.4. The minimum atomic E-state index is -0.381. The maximum atomic E-state index is 12.8. The third-order valence-electron chi connectivity index (χ3n) is 5.98. The molecule has 8 nitrogen and oxygen atoms in total. The molecular weight excluding hydrogens is 444 g/mol. The van der Waals surface area contributed by atoms with Crippen LogP contribution in [0.3, 0.4) is 0 Å². The highest BCUT2D eigenvalue weighted by Crippen LogP contribution is 2.26. The van der Waals surface area contributed by atoms with Crippen LogP contribution in [0.4, 0.5) is 5.69 Å². The Morgan fingerprint density at radius 2 is 1.74 bits per heavy atom. The highest BCUT2D eigenvalue weighted by atomic mass is 16.5. The second-order valence-corrected chi connectivity index (χ2v) is 8.38. The van der Waals surface area contributed by atoms with E-state index in [4.69, 9.17) is 9.26 Å². The minimum Gasteiger partial charge on any atom is -0.497 e. The van der Waals surface area contributed by atoms with Gasteiger partial charge in [0.15, 0.2) is 0 Å². The van der Waals surface area contributed by atoms with Crippen molar-refractivity contribution in [2.75, 3.05) is 19.0 Å². The van der Waals surface area contributed by atoms with Crippen LogP contribution < -0.4 is 10.1 Å². The van der Waals surface area contributed by atoms with Crippen molar-refractivity contribution in [3.63, 3.8) is 0 Å². The molecule has 1 unspecified atom stereocenters. The Bertz CT molecular complexity index is 1320. The van der Waals surface area contributed by atoms with Crippen LogP contribution in [0, 0.1) is 5.92 Å². The van der Waals surface area contributed by atoms with Crippen molar-refractivity contribution in [2.24, 2.45) is 5.92 Å². The van der Waals surface area contributed by atoms with Gasteiger partial charge >= 0.3 is 0 Å². The molecule has 1 N–H and O–H groups in total. The van der Waals surface area contributed by atoms with E-state index in [9.17, 15) is 9.59 Å². The molecule has 176 valence electrons. The summed E-state index contributed by atoms with van der Waals surface area (Å²) in [4.78, 5) is 31.4. The molecule has 0 aliphatic carbocycles. The maximum Gasteiger partial charge on any atom is 0.258 e. The Kier molecular flexibility index (Phi) is 6.26. The molecule has 5 rings (SSSR count). The van der Waals surface area contributed by atoms with Crippen LogP contribution in [-0.4, -0.2) is 40.5 Å². The third kappa shape index (κ3) is 5.06. The lowest BCUT2D eigenvalue weighted by Crippen LogP contribution is -2.28. The smallest absolute Gasteiger partial charge is 0.258 e. The monoisotopic (exact) mass is 468 g/mol. The number of carbonyl (C=O) groups is 2. The molecular formula is C27H24N4O4. The van der Waals surface area contributed by atoms with Gasteiger partial charge in [-0.15, -0.1) is 0 Å². The highest BCUT2D eigenvalue weighted by molar-refractivity contribution is 5.97. The molecule has 1 aliphatic rings. The summed E-state index contributed by atoms with van der Waals surface area (Å²) in [7, 11) is 1.61. The molecule has 1 saturated heterocycles. The van der Waals surface area contributed by atoms with Gasteiger partial charge in [-0.05, 0) is 54.1 Å². The van der Waals surface area contributed by atoms with Gasteiger partial charge in [0.1, 0.15) is 5.75 Å². The first-order chi connectivity index (χ1) is 17.1. The average molecular weight is 469 g/mol. The number of anilines is 1. The van der Waals surface area contributed by atoms with Crippen molar-refractivity contribution < 1.29 is 18.8 Å². The number of amides is 2. The van der Waals surface area contributed by atoms with E-state index in [1.54, 1.807) is 24.1 Å². The molecule has 1 atom stereocenters. The van der Waals surface area contributed by atoms with Crippen molar-refractivity contribution in [1.82, 2.24) is 15.0 Å². The number of hydrogen-bond donors (Lipinski definition) is 1. The summed E-state index contributed by atoms with van der Waals surface area (Å²) in [5.41, 5.74) is 3.24. The van der Waals surface area contributed by atoms with E-state index in [0.29, 0.717) is 30.5 Å². The van der Waals surface area contributed by atoms with Crippen LogP contribution in [0.1, 0.15) is 12.0 Å². The van der Waals surface area contributed by atoms with Crippen molar-refractivity contribution in [3.05, 3.63) is 84.4 Å². The SMILES string of the molecule is COc1ccc(-c2noc(-c3ccc(NC(=O)C4CC(=O)N(Cc5ccccc5)C4)cc3)n2)cc1. The van der Waals surface area contributed by atoms with Gasteiger partial charge in [-0.2, -0.15) is 4.98 Å². The average Bonchev–Trinajstić information content (AvgIpc) is 3.53. The molecule has 4 aromatic rings. The molecule has 1 aromatic heterocycles. The Hall–Kier alpha value is -4.46. The number of carbonyl (C=O) groups excluding carboxylic acids is 2. The Balaban J connectivity index is 1.20. The van der Waals surface area contributed by atoms with Crippen molar-refractivity contribution in [2.45, 2.75) is 13.0 Å². The summed E-state index contributed by atoms with van der Waals surface area (Å²) in [5.74, 6) is 1.06. The van der Waals surface area contributed by atoms with Gasteiger partial charge in [-0.1, -0.05) is 35.5 Å². The highest BCUT2D eigenvalue weighted by Gasteiger charge is 2.34. The lowest BCUT2D eigenvalue weighted by molar-refractivity contribution is -0.128. The summed E-state index contributed by atoms with van der Waals surface area (Å²) in [5, 5.41) is 6.97. The fourth-order valence-corrected chi connectivity index (χ4v) is 4.04. The number of ether oxygens (including phenoxy) is 1. The van der Waals surface area contributed by atoms with Crippen LogP contribution in [0.25, 0.3) is 22.8 Å². The number of hydrogen-bond acceptors (Lipinski definition) is 6. The lowest BCUT2D eigenvalue weighted by Gasteiger charge is -2.16.